The molecule has 0 spiro atoms. The van der Waals surface area contributed by atoms with E-state index in [1.165, 1.54) is 29.7 Å². The number of aromatic nitrogens is 1. The average Bonchev–Trinajstić information content (AvgIpc) is 2.93. The molecule has 0 atom stereocenters. The maximum Gasteiger partial charge on any atom is 0.269 e. The number of nitrogens with one attached hydrogen (secondary N) is 1. The van der Waals surface area contributed by atoms with Gasteiger partial charge in [-0.25, -0.2) is 4.98 Å². The number of carbonyl (C=O) groups excluding carboxylic acids is 1. The van der Waals surface area contributed by atoms with Gasteiger partial charge in [-0.3, -0.25) is 14.9 Å². The minimum Gasteiger partial charge on any atom is -0.354 e. The third-order valence-corrected chi connectivity index (χ3v) is 3.46. The number of nitrogens with zero attached hydrogens (tertiary/aromatic N) is 2. The summed E-state index contributed by atoms with van der Waals surface area (Å²) in [7, 11) is 1.56. The molecule has 6 nitrogen and oxygen atoms in total. The van der Waals surface area contributed by atoms with E-state index in [-0.39, 0.29) is 11.6 Å². The molecule has 0 bridgehead atoms. The fourth-order valence-corrected chi connectivity index (χ4v) is 2.23. The van der Waals surface area contributed by atoms with Crippen molar-refractivity contribution < 1.29 is 9.72 Å². The van der Waals surface area contributed by atoms with Crippen LogP contribution < -0.4 is 5.32 Å². The highest BCUT2D eigenvalue weighted by Gasteiger charge is 2.07. The standard InChI is InChI=1S/C13H11N3O3S/c1-14-13(17)11-8-15-12(20-11)7-4-9-2-5-10(6-3-9)16(18)19/h2-8H,1H3,(H,14,17). The number of hydrogen-bond donors (Lipinski definition) is 1. The first-order valence-electron chi connectivity index (χ1n) is 5.70. The summed E-state index contributed by atoms with van der Waals surface area (Å²) in [6.07, 6.45) is 5.06. The third-order valence-electron chi connectivity index (χ3n) is 2.50. The monoisotopic (exact) mass is 289 g/mol. The van der Waals surface area contributed by atoms with E-state index >= 15 is 0 Å². The van der Waals surface area contributed by atoms with Gasteiger partial charge in [0.1, 0.15) is 9.88 Å². The van der Waals surface area contributed by atoms with Crippen LogP contribution in [0, 0.1) is 10.1 Å². The molecule has 0 saturated heterocycles. The minimum absolute atomic E-state index is 0.0540. The van der Waals surface area contributed by atoms with Gasteiger partial charge in [0, 0.05) is 19.2 Å². The Morgan fingerprint density at radius 2 is 2.05 bits per heavy atom. The Morgan fingerprint density at radius 1 is 1.35 bits per heavy atom. The van der Waals surface area contributed by atoms with E-state index in [1.54, 1.807) is 31.3 Å². The van der Waals surface area contributed by atoms with E-state index in [1.807, 2.05) is 0 Å². The van der Waals surface area contributed by atoms with E-state index < -0.39 is 4.92 Å². The Balaban J connectivity index is 2.11. The molecule has 2 rings (SSSR count). The molecule has 0 aliphatic heterocycles. The van der Waals surface area contributed by atoms with Crippen molar-refractivity contribution in [3.05, 3.63) is 56.0 Å². The van der Waals surface area contributed by atoms with Gasteiger partial charge in [0.25, 0.3) is 11.6 Å². The number of hydrogen-bond acceptors (Lipinski definition) is 5. The van der Waals surface area contributed by atoms with Crippen molar-refractivity contribution in [1.29, 1.82) is 0 Å². The lowest BCUT2D eigenvalue weighted by Crippen LogP contribution is -2.16. The summed E-state index contributed by atoms with van der Waals surface area (Å²) in [6, 6.07) is 6.19. The predicted octanol–water partition coefficient (Wildman–Crippen LogP) is 2.58. The molecule has 0 radical (unpaired) electrons. The van der Waals surface area contributed by atoms with E-state index in [0.29, 0.717) is 9.88 Å². The number of nitro groups is 1. The zero-order valence-corrected chi connectivity index (χ0v) is 11.4. The fraction of sp³-hybridized carbons (Fsp3) is 0.0769. The van der Waals surface area contributed by atoms with Crippen LogP contribution in [0.2, 0.25) is 0 Å². The van der Waals surface area contributed by atoms with E-state index in [4.69, 9.17) is 0 Å². The van der Waals surface area contributed by atoms with Crippen molar-refractivity contribution >= 4 is 35.1 Å². The highest BCUT2D eigenvalue weighted by Crippen LogP contribution is 2.17. The van der Waals surface area contributed by atoms with Gasteiger partial charge in [-0.05, 0) is 23.8 Å². The maximum absolute atomic E-state index is 11.4. The molecule has 102 valence electrons. The SMILES string of the molecule is CNC(=O)c1cnc(C=Cc2ccc([N+](=O)[O-])cc2)s1. The highest BCUT2D eigenvalue weighted by molar-refractivity contribution is 7.14. The Labute approximate surface area is 118 Å². The number of rotatable bonds is 4. The summed E-state index contributed by atoms with van der Waals surface area (Å²) < 4.78 is 0. The van der Waals surface area contributed by atoms with Crippen molar-refractivity contribution in [2.24, 2.45) is 0 Å². The predicted molar refractivity (Wildman–Crippen MR) is 77.5 cm³/mol. The molecule has 0 fully saturated rings. The molecule has 2 aromatic rings. The second-order valence-corrected chi connectivity index (χ2v) is 4.89. The first kappa shape index (κ1) is 13.9. The van der Waals surface area contributed by atoms with Gasteiger partial charge in [-0.2, -0.15) is 0 Å². The molecule has 0 unspecified atom stereocenters. The van der Waals surface area contributed by atoms with Crippen molar-refractivity contribution in [3.8, 4) is 0 Å². The van der Waals surface area contributed by atoms with Crippen LogP contribution >= 0.6 is 11.3 Å². The molecule has 7 heteroatoms. The Morgan fingerprint density at radius 3 is 2.65 bits per heavy atom. The number of non-ortho nitro benzene ring substituents is 1. The van der Waals surface area contributed by atoms with Crippen molar-refractivity contribution in [3.63, 3.8) is 0 Å². The Hall–Kier alpha value is -2.54. The van der Waals surface area contributed by atoms with Gasteiger partial charge in [0.05, 0.1) is 11.1 Å². The molecule has 0 aliphatic rings. The summed E-state index contributed by atoms with van der Waals surface area (Å²) in [6.45, 7) is 0. The Bertz CT molecular complexity index is 662. The third kappa shape index (κ3) is 3.27. The minimum atomic E-state index is -0.441. The molecule has 1 aromatic carbocycles. The van der Waals surface area contributed by atoms with Crippen molar-refractivity contribution in [2.45, 2.75) is 0 Å². The van der Waals surface area contributed by atoms with Crippen LogP contribution in [0.1, 0.15) is 20.2 Å². The largest absolute Gasteiger partial charge is 0.354 e. The van der Waals surface area contributed by atoms with Crippen LogP contribution in [-0.4, -0.2) is 22.9 Å². The average molecular weight is 289 g/mol. The van der Waals surface area contributed by atoms with Crippen LogP contribution in [0.15, 0.2) is 30.5 Å². The lowest BCUT2D eigenvalue weighted by Gasteiger charge is -1.93. The zero-order valence-electron chi connectivity index (χ0n) is 10.6. The lowest BCUT2D eigenvalue weighted by molar-refractivity contribution is -0.384. The number of carbonyl (C=O) groups is 1. The smallest absolute Gasteiger partial charge is 0.269 e. The second-order valence-electron chi connectivity index (χ2n) is 3.82. The molecule has 1 heterocycles. The van der Waals surface area contributed by atoms with Crippen LogP contribution in [0.3, 0.4) is 0 Å². The zero-order chi connectivity index (χ0) is 14.5. The quantitative estimate of drug-likeness (QED) is 0.692. The van der Waals surface area contributed by atoms with Gasteiger partial charge in [0.2, 0.25) is 0 Å². The van der Waals surface area contributed by atoms with Crippen LogP contribution in [0.5, 0.6) is 0 Å². The van der Waals surface area contributed by atoms with Crippen LogP contribution in [0.25, 0.3) is 12.2 Å². The molecule has 1 amide bonds. The molecule has 0 saturated carbocycles. The number of nitro benzene ring substituents is 1. The second kappa shape index (κ2) is 6.07. The topological polar surface area (TPSA) is 85.1 Å². The van der Waals surface area contributed by atoms with Crippen LogP contribution in [-0.2, 0) is 0 Å². The molecular formula is C13H11N3O3S. The van der Waals surface area contributed by atoms with Gasteiger partial charge in [-0.1, -0.05) is 6.08 Å². The van der Waals surface area contributed by atoms with Gasteiger partial charge in [-0.15, -0.1) is 11.3 Å². The van der Waals surface area contributed by atoms with Gasteiger partial charge < -0.3 is 5.32 Å². The van der Waals surface area contributed by atoms with Crippen molar-refractivity contribution in [2.75, 3.05) is 7.05 Å². The summed E-state index contributed by atoms with van der Waals surface area (Å²) in [4.78, 5) is 26.1. The lowest BCUT2D eigenvalue weighted by atomic mass is 10.2. The van der Waals surface area contributed by atoms with E-state index in [0.717, 1.165) is 5.56 Å². The molecule has 1 N–H and O–H groups in total. The normalized spacial score (nSPS) is 10.7. The van der Waals surface area contributed by atoms with E-state index in [2.05, 4.69) is 10.3 Å². The Kier molecular flexibility index (Phi) is 4.21. The fourth-order valence-electron chi connectivity index (χ4n) is 1.47. The first-order chi connectivity index (χ1) is 9.60. The molecule has 1 aromatic heterocycles. The van der Waals surface area contributed by atoms with Crippen molar-refractivity contribution in [1.82, 2.24) is 10.3 Å². The molecule has 20 heavy (non-hydrogen) atoms. The maximum atomic E-state index is 11.4. The summed E-state index contributed by atoms with van der Waals surface area (Å²) in [5.74, 6) is -0.169. The number of benzene rings is 1. The number of thiazole rings is 1. The summed E-state index contributed by atoms with van der Waals surface area (Å²) in [5.41, 5.74) is 0.880. The van der Waals surface area contributed by atoms with Crippen LogP contribution in [0.4, 0.5) is 5.69 Å². The van der Waals surface area contributed by atoms with Gasteiger partial charge in [0.15, 0.2) is 0 Å². The summed E-state index contributed by atoms with van der Waals surface area (Å²) >= 11 is 1.27. The number of amides is 1. The van der Waals surface area contributed by atoms with E-state index in [9.17, 15) is 14.9 Å². The van der Waals surface area contributed by atoms with Gasteiger partial charge >= 0.3 is 0 Å². The first-order valence-corrected chi connectivity index (χ1v) is 6.52. The molecule has 0 aliphatic carbocycles. The summed E-state index contributed by atoms with van der Waals surface area (Å²) in [5, 5.41) is 13.8. The highest BCUT2D eigenvalue weighted by atomic mass is 32.1. The molecular weight excluding hydrogens is 278 g/mol.